The van der Waals surface area contributed by atoms with E-state index < -0.39 is 5.97 Å². The van der Waals surface area contributed by atoms with Crippen molar-refractivity contribution in [1.82, 2.24) is 9.97 Å². The van der Waals surface area contributed by atoms with E-state index in [-0.39, 0.29) is 23.0 Å². The standard InChI is InChI=1S/C13H12N2O3S/c1-7(2)12-14-6-8(10(15-12)13(17)18)11(16)9-4-3-5-19-9/h3-7H,1-2H3,(H,17,18). The lowest BCUT2D eigenvalue weighted by molar-refractivity contribution is 0.0685. The van der Waals surface area contributed by atoms with Crippen LogP contribution < -0.4 is 0 Å². The summed E-state index contributed by atoms with van der Waals surface area (Å²) in [4.78, 5) is 31.9. The average Bonchev–Trinajstić information content (AvgIpc) is 2.90. The Kier molecular flexibility index (Phi) is 3.71. The number of hydrogen-bond donors (Lipinski definition) is 1. The first kappa shape index (κ1) is 13.4. The summed E-state index contributed by atoms with van der Waals surface area (Å²) < 4.78 is 0. The highest BCUT2D eigenvalue weighted by molar-refractivity contribution is 7.12. The minimum Gasteiger partial charge on any atom is -0.476 e. The zero-order valence-electron chi connectivity index (χ0n) is 10.5. The molecule has 0 aliphatic carbocycles. The van der Waals surface area contributed by atoms with Crippen LogP contribution in [-0.4, -0.2) is 26.8 Å². The third-order valence-electron chi connectivity index (χ3n) is 2.52. The predicted molar refractivity (Wildman–Crippen MR) is 70.8 cm³/mol. The highest BCUT2D eigenvalue weighted by Gasteiger charge is 2.22. The molecule has 0 aromatic carbocycles. The van der Waals surface area contributed by atoms with Gasteiger partial charge in [0, 0.05) is 12.1 Å². The van der Waals surface area contributed by atoms with E-state index >= 15 is 0 Å². The van der Waals surface area contributed by atoms with E-state index in [1.807, 2.05) is 13.8 Å². The zero-order chi connectivity index (χ0) is 14.0. The van der Waals surface area contributed by atoms with E-state index in [0.29, 0.717) is 10.7 Å². The Morgan fingerprint density at radius 3 is 2.63 bits per heavy atom. The summed E-state index contributed by atoms with van der Waals surface area (Å²) in [5, 5.41) is 10.9. The van der Waals surface area contributed by atoms with E-state index in [2.05, 4.69) is 9.97 Å². The quantitative estimate of drug-likeness (QED) is 0.868. The van der Waals surface area contributed by atoms with Gasteiger partial charge in [-0.05, 0) is 11.4 Å². The fourth-order valence-electron chi connectivity index (χ4n) is 1.54. The molecule has 0 radical (unpaired) electrons. The number of hydrogen-bond acceptors (Lipinski definition) is 5. The van der Waals surface area contributed by atoms with E-state index in [9.17, 15) is 14.7 Å². The molecule has 0 amide bonds. The Morgan fingerprint density at radius 1 is 1.37 bits per heavy atom. The second-order valence-electron chi connectivity index (χ2n) is 4.26. The van der Waals surface area contributed by atoms with Gasteiger partial charge in [0.1, 0.15) is 5.82 Å². The summed E-state index contributed by atoms with van der Waals surface area (Å²) >= 11 is 1.26. The van der Waals surface area contributed by atoms with E-state index in [1.54, 1.807) is 17.5 Å². The number of carboxylic acids is 1. The minimum atomic E-state index is -1.22. The number of thiophene rings is 1. The molecule has 98 valence electrons. The number of carbonyl (C=O) groups excluding carboxylic acids is 1. The van der Waals surface area contributed by atoms with Crippen LogP contribution in [0.4, 0.5) is 0 Å². The molecule has 2 heterocycles. The smallest absolute Gasteiger partial charge is 0.355 e. The molecule has 0 aliphatic rings. The average molecular weight is 276 g/mol. The van der Waals surface area contributed by atoms with Gasteiger partial charge in [0.2, 0.25) is 5.78 Å². The molecule has 1 N–H and O–H groups in total. The molecule has 6 heteroatoms. The van der Waals surface area contributed by atoms with Crippen molar-refractivity contribution in [2.45, 2.75) is 19.8 Å². The first-order valence-electron chi connectivity index (χ1n) is 5.69. The molecule has 0 aliphatic heterocycles. The Bertz CT molecular complexity index is 621. The van der Waals surface area contributed by atoms with Gasteiger partial charge in [-0.25, -0.2) is 14.8 Å². The Morgan fingerprint density at radius 2 is 2.11 bits per heavy atom. The van der Waals surface area contributed by atoms with Gasteiger partial charge in [0.05, 0.1) is 10.4 Å². The van der Waals surface area contributed by atoms with Crippen molar-refractivity contribution in [3.8, 4) is 0 Å². The summed E-state index contributed by atoms with van der Waals surface area (Å²) in [7, 11) is 0. The van der Waals surface area contributed by atoms with Gasteiger partial charge in [0.15, 0.2) is 5.69 Å². The fourth-order valence-corrected chi connectivity index (χ4v) is 2.22. The summed E-state index contributed by atoms with van der Waals surface area (Å²) in [6.45, 7) is 3.73. The monoisotopic (exact) mass is 276 g/mol. The van der Waals surface area contributed by atoms with Crippen LogP contribution in [0.15, 0.2) is 23.7 Å². The van der Waals surface area contributed by atoms with Crippen LogP contribution in [0.2, 0.25) is 0 Å². The van der Waals surface area contributed by atoms with Gasteiger partial charge in [0.25, 0.3) is 0 Å². The van der Waals surface area contributed by atoms with Crippen molar-refractivity contribution < 1.29 is 14.7 Å². The van der Waals surface area contributed by atoms with Crippen molar-refractivity contribution in [2.75, 3.05) is 0 Å². The molecule has 5 nitrogen and oxygen atoms in total. The number of ketones is 1. The molecule has 2 aromatic heterocycles. The Labute approximate surface area is 114 Å². The molecule has 0 saturated carbocycles. The largest absolute Gasteiger partial charge is 0.476 e. The SMILES string of the molecule is CC(C)c1ncc(C(=O)c2cccs2)c(C(=O)O)n1. The van der Waals surface area contributed by atoms with Crippen LogP contribution in [0.1, 0.15) is 51.3 Å². The number of aromatic carboxylic acids is 1. The maximum atomic E-state index is 12.2. The zero-order valence-corrected chi connectivity index (χ0v) is 11.3. The van der Waals surface area contributed by atoms with Crippen LogP contribution >= 0.6 is 11.3 Å². The number of nitrogens with zero attached hydrogens (tertiary/aromatic N) is 2. The maximum absolute atomic E-state index is 12.2. The molecular weight excluding hydrogens is 264 g/mol. The van der Waals surface area contributed by atoms with Crippen molar-refractivity contribution in [3.63, 3.8) is 0 Å². The van der Waals surface area contributed by atoms with Crippen molar-refractivity contribution >= 4 is 23.1 Å². The number of rotatable bonds is 4. The van der Waals surface area contributed by atoms with Crippen molar-refractivity contribution in [1.29, 1.82) is 0 Å². The van der Waals surface area contributed by atoms with E-state index in [1.165, 1.54) is 17.5 Å². The van der Waals surface area contributed by atoms with Gasteiger partial charge < -0.3 is 5.11 Å². The first-order chi connectivity index (χ1) is 9.00. The number of carbonyl (C=O) groups is 2. The molecule has 0 bridgehead atoms. The van der Waals surface area contributed by atoms with Crippen molar-refractivity contribution in [2.24, 2.45) is 0 Å². The predicted octanol–water partition coefficient (Wildman–Crippen LogP) is 2.59. The highest BCUT2D eigenvalue weighted by Crippen LogP contribution is 2.18. The summed E-state index contributed by atoms with van der Waals surface area (Å²) in [6.07, 6.45) is 1.30. The topological polar surface area (TPSA) is 80.2 Å². The van der Waals surface area contributed by atoms with Gasteiger partial charge >= 0.3 is 5.97 Å². The first-order valence-corrected chi connectivity index (χ1v) is 6.57. The number of aromatic nitrogens is 2. The summed E-state index contributed by atoms with van der Waals surface area (Å²) in [6, 6.07) is 3.39. The molecule has 19 heavy (non-hydrogen) atoms. The lowest BCUT2D eigenvalue weighted by atomic mass is 10.1. The lowest BCUT2D eigenvalue weighted by Gasteiger charge is -2.07. The maximum Gasteiger partial charge on any atom is 0.355 e. The fraction of sp³-hybridized carbons (Fsp3) is 0.231. The second-order valence-corrected chi connectivity index (χ2v) is 5.20. The van der Waals surface area contributed by atoms with Gasteiger partial charge in [-0.1, -0.05) is 19.9 Å². The molecule has 2 rings (SSSR count). The van der Waals surface area contributed by atoms with Crippen molar-refractivity contribution in [3.05, 3.63) is 45.7 Å². The second kappa shape index (κ2) is 5.27. The Hall–Kier alpha value is -2.08. The van der Waals surface area contributed by atoms with Crippen LogP contribution in [-0.2, 0) is 0 Å². The van der Waals surface area contributed by atoms with E-state index in [0.717, 1.165) is 0 Å². The van der Waals surface area contributed by atoms with Gasteiger partial charge in [-0.2, -0.15) is 0 Å². The highest BCUT2D eigenvalue weighted by atomic mass is 32.1. The Balaban J connectivity index is 2.51. The minimum absolute atomic E-state index is 0.00369. The molecule has 0 fully saturated rings. The van der Waals surface area contributed by atoms with Crippen LogP contribution in [0.25, 0.3) is 0 Å². The molecular formula is C13H12N2O3S. The molecule has 0 unspecified atom stereocenters. The third kappa shape index (κ3) is 2.68. The van der Waals surface area contributed by atoms with Gasteiger partial charge in [-0.3, -0.25) is 4.79 Å². The molecule has 2 aromatic rings. The summed E-state index contributed by atoms with van der Waals surface area (Å²) in [5.74, 6) is -1.16. The van der Waals surface area contributed by atoms with Crippen LogP contribution in [0, 0.1) is 0 Å². The normalized spacial score (nSPS) is 10.7. The third-order valence-corrected chi connectivity index (χ3v) is 3.38. The lowest BCUT2D eigenvalue weighted by Crippen LogP contribution is -2.14. The van der Waals surface area contributed by atoms with E-state index in [4.69, 9.17) is 0 Å². The summed E-state index contributed by atoms with van der Waals surface area (Å²) in [5.41, 5.74) is -0.212. The molecule has 0 spiro atoms. The van der Waals surface area contributed by atoms with Gasteiger partial charge in [-0.15, -0.1) is 11.3 Å². The molecule has 0 saturated heterocycles. The molecule has 0 atom stereocenters. The van der Waals surface area contributed by atoms with Crippen LogP contribution in [0.3, 0.4) is 0 Å². The van der Waals surface area contributed by atoms with Crippen LogP contribution in [0.5, 0.6) is 0 Å². The number of carboxylic acid groups (broad SMARTS) is 1.